The lowest BCUT2D eigenvalue weighted by molar-refractivity contribution is -0.138. The number of nitrogen functional groups attached to an aromatic ring is 1. The number of nitrogens with one attached hydrogen (secondary N) is 1. The van der Waals surface area contributed by atoms with Gasteiger partial charge in [0.25, 0.3) is 0 Å². The Hall–Kier alpha value is -3.11. The summed E-state index contributed by atoms with van der Waals surface area (Å²) in [7, 11) is 1.62. The first-order valence-corrected chi connectivity index (χ1v) is 12.5. The highest BCUT2D eigenvalue weighted by atomic mass is 16.5. The van der Waals surface area contributed by atoms with Gasteiger partial charge in [-0.1, -0.05) is 26.3 Å². The minimum absolute atomic E-state index is 0.0311. The molecule has 0 saturated carbocycles. The van der Waals surface area contributed by atoms with Gasteiger partial charge >= 0.3 is 5.97 Å². The topological polar surface area (TPSA) is 143 Å². The van der Waals surface area contributed by atoms with Crippen molar-refractivity contribution in [3.05, 3.63) is 35.0 Å². The zero-order valence-corrected chi connectivity index (χ0v) is 21.9. The first kappa shape index (κ1) is 29.1. The Labute approximate surface area is 213 Å². The molecule has 0 aliphatic carbocycles. The highest BCUT2D eigenvalue weighted by Crippen LogP contribution is 2.30. The van der Waals surface area contributed by atoms with Gasteiger partial charge in [-0.3, -0.25) is 9.69 Å². The number of carbonyl (C=O) groups is 1. The molecule has 0 aliphatic heterocycles. The van der Waals surface area contributed by atoms with Crippen molar-refractivity contribution in [1.29, 1.82) is 0 Å². The summed E-state index contributed by atoms with van der Waals surface area (Å²) in [4.78, 5) is 21.6. The number of carboxylic acid groups (broad SMARTS) is 1. The SMILES string of the molecule is CCC[C@@H](CCO)Nc1nc(N)nc(C)c1Cc1ccc(OCCCN(CC)CC(=O)O)cc1OC. The molecule has 1 aromatic heterocycles. The maximum atomic E-state index is 10.9. The molecule has 0 aliphatic rings. The van der Waals surface area contributed by atoms with Crippen molar-refractivity contribution < 1.29 is 24.5 Å². The fourth-order valence-electron chi connectivity index (χ4n) is 4.10. The Bertz CT molecular complexity index is 966. The monoisotopic (exact) mass is 503 g/mol. The lowest BCUT2D eigenvalue weighted by atomic mass is 10.0. The van der Waals surface area contributed by atoms with Crippen LogP contribution in [0, 0.1) is 6.92 Å². The number of anilines is 2. The number of aliphatic hydroxyl groups excluding tert-OH is 1. The molecule has 2 aromatic rings. The first-order chi connectivity index (χ1) is 17.3. The number of rotatable bonds is 17. The molecule has 1 heterocycles. The second kappa shape index (κ2) is 15.1. The molecule has 5 N–H and O–H groups in total. The number of aliphatic hydroxyl groups is 1. The van der Waals surface area contributed by atoms with Gasteiger partial charge in [0, 0.05) is 42.9 Å². The number of nitrogens with two attached hydrogens (primary N) is 1. The third-order valence-corrected chi connectivity index (χ3v) is 6.01. The number of nitrogens with zero attached hydrogens (tertiary/aromatic N) is 3. The number of carboxylic acids is 1. The molecular formula is C26H41N5O5. The third-order valence-electron chi connectivity index (χ3n) is 6.01. The number of aryl methyl sites for hydroxylation is 1. The van der Waals surface area contributed by atoms with Crippen LogP contribution in [0.4, 0.5) is 11.8 Å². The number of aromatic nitrogens is 2. The van der Waals surface area contributed by atoms with Gasteiger partial charge in [0.05, 0.1) is 20.3 Å². The standard InChI is InChI=1S/C26H41N5O5/c1-5-8-20(11-13-32)29-25-22(18(3)28-26(27)30-25)15-19-9-10-21(16-23(19)35-4)36-14-7-12-31(6-2)17-24(33)34/h9-10,16,20,32H,5-8,11-15,17H2,1-4H3,(H,33,34)(H3,27,28,29,30)/t20-/m0/s1. The van der Waals surface area contributed by atoms with Gasteiger partial charge in [0.1, 0.15) is 17.3 Å². The van der Waals surface area contributed by atoms with Crippen molar-refractivity contribution in [1.82, 2.24) is 14.9 Å². The lowest BCUT2D eigenvalue weighted by Gasteiger charge is -2.21. The Morgan fingerprint density at radius 2 is 2.03 bits per heavy atom. The van der Waals surface area contributed by atoms with Gasteiger partial charge in [0.2, 0.25) is 5.95 Å². The van der Waals surface area contributed by atoms with E-state index in [-0.39, 0.29) is 25.1 Å². The van der Waals surface area contributed by atoms with E-state index in [0.717, 1.165) is 36.1 Å². The van der Waals surface area contributed by atoms with Crippen LogP contribution in [0.5, 0.6) is 11.5 Å². The summed E-state index contributed by atoms with van der Waals surface area (Å²) in [6, 6.07) is 5.81. The van der Waals surface area contributed by atoms with Gasteiger partial charge < -0.3 is 30.7 Å². The normalized spacial score (nSPS) is 11.9. The Morgan fingerprint density at radius 3 is 2.67 bits per heavy atom. The molecule has 2 rings (SSSR count). The Balaban J connectivity index is 2.13. The van der Waals surface area contributed by atoms with Gasteiger partial charge in [-0.25, -0.2) is 4.98 Å². The largest absolute Gasteiger partial charge is 0.496 e. The van der Waals surface area contributed by atoms with Gasteiger partial charge in [0.15, 0.2) is 0 Å². The van der Waals surface area contributed by atoms with Crippen LogP contribution in [-0.4, -0.2) is 77.0 Å². The van der Waals surface area contributed by atoms with Crippen LogP contribution in [-0.2, 0) is 11.2 Å². The minimum atomic E-state index is -0.826. The lowest BCUT2D eigenvalue weighted by Crippen LogP contribution is -2.31. The van der Waals surface area contributed by atoms with Crippen LogP contribution < -0.4 is 20.5 Å². The molecule has 0 saturated heterocycles. The van der Waals surface area contributed by atoms with Crippen molar-refractivity contribution >= 4 is 17.7 Å². The summed E-state index contributed by atoms with van der Waals surface area (Å²) in [5.41, 5.74) is 8.61. The van der Waals surface area contributed by atoms with Crippen LogP contribution >= 0.6 is 0 Å². The first-order valence-electron chi connectivity index (χ1n) is 12.5. The second-order valence-corrected chi connectivity index (χ2v) is 8.75. The van der Waals surface area contributed by atoms with Crippen molar-refractivity contribution in [2.24, 2.45) is 0 Å². The van der Waals surface area contributed by atoms with E-state index in [2.05, 4.69) is 22.2 Å². The fourth-order valence-corrected chi connectivity index (χ4v) is 4.10. The molecule has 10 heteroatoms. The van der Waals surface area contributed by atoms with E-state index in [1.54, 1.807) is 7.11 Å². The number of hydrogen-bond donors (Lipinski definition) is 4. The molecule has 0 radical (unpaired) electrons. The Morgan fingerprint density at radius 1 is 1.25 bits per heavy atom. The van der Waals surface area contributed by atoms with Crippen LogP contribution in [0.15, 0.2) is 18.2 Å². The maximum Gasteiger partial charge on any atom is 0.317 e. The van der Waals surface area contributed by atoms with Gasteiger partial charge in [-0.05, 0) is 44.4 Å². The van der Waals surface area contributed by atoms with Crippen molar-refractivity contribution in [3.8, 4) is 11.5 Å². The van der Waals surface area contributed by atoms with E-state index in [1.807, 2.05) is 36.9 Å². The van der Waals surface area contributed by atoms with Crippen LogP contribution in [0.3, 0.4) is 0 Å². The quantitative estimate of drug-likeness (QED) is 0.238. The van der Waals surface area contributed by atoms with Crippen molar-refractivity contribution in [3.63, 3.8) is 0 Å². The van der Waals surface area contributed by atoms with Crippen LogP contribution in [0.25, 0.3) is 0 Å². The highest BCUT2D eigenvalue weighted by molar-refractivity contribution is 5.69. The van der Waals surface area contributed by atoms with E-state index in [4.69, 9.17) is 20.3 Å². The summed E-state index contributed by atoms with van der Waals surface area (Å²) in [5, 5.41) is 21.9. The minimum Gasteiger partial charge on any atom is -0.496 e. The van der Waals surface area contributed by atoms with Crippen LogP contribution in [0.1, 0.15) is 56.4 Å². The molecule has 0 amide bonds. The maximum absolute atomic E-state index is 10.9. The second-order valence-electron chi connectivity index (χ2n) is 8.75. The number of aliphatic carboxylic acids is 1. The fraction of sp³-hybridized carbons (Fsp3) is 0.577. The Kier molecular flexibility index (Phi) is 12.2. The molecule has 0 fully saturated rings. The summed E-state index contributed by atoms with van der Waals surface area (Å²) in [6.07, 6.45) is 3.77. The average Bonchev–Trinajstić information content (AvgIpc) is 2.83. The summed E-state index contributed by atoms with van der Waals surface area (Å²) >= 11 is 0. The summed E-state index contributed by atoms with van der Waals surface area (Å²) < 4.78 is 11.5. The number of benzene rings is 1. The average molecular weight is 504 g/mol. The predicted molar refractivity (Wildman–Crippen MR) is 141 cm³/mol. The zero-order chi connectivity index (χ0) is 26.5. The molecule has 0 bridgehead atoms. The molecular weight excluding hydrogens is 462 g/mol. The van der Waals surface area contributed by atoms with Crippen molar-refractivity contribution in [2.75, 3.05) is 51.0 Å². The van der Waals surface area contributed by atoms with Crippen LogP contribution in [0.2, 0.25) is 0 Å². The number of hydrogen-bond acceptors (Lipinski definition) is 9. The molecule has 0 spiro atoms. The molecule has 1 atom stereocenters. The molecule has 36 heavy (non-hydrogen) atoms. The van der Waals surface area contributed by atoms with Crippen molar-refractivity contribution in [2.45, 2.75) is 58.9 Å². The highest BCUT2D eigenvalue weighted by Gasteiger charge is 2.17. The predicted octanol–water partition coefficient (Wildman–Crippen LogP) is 3.11. The molecule has 1 aromatic carbocycles. The molecule has 200 valence electrons. The molecule has 10 nitrogen and oxygen atoms in total. The van der Waals surface area contributed by atoms with E-state index < -0.39 is 5.97 Å². The van der Waals surface area contributed by atoms with Gasteiger partial charge in [-0.15, -0.1) is 0 Å². The molecule has 0 unspecified atom stereocenters. The summed E-state index contributed by atoms with van der Waals surface area (Å²) in [6.45, 7) is 7.89. The van der Waals surface area contributed by atoms with Gasteiger partial charge in [-0.2, -0.15) is 4.98 Å². The smallest absolute Gasteiger partial charge is 0.317 e. The van der Waals surface area contributed by atoms with E-state index in [1.165, 1.54) is 0 Å². The van der Waals surface area contributed by atoms with E-state index in [0.29, 0.717) is 49.9 Å². The zero-order valence-electron chi connectivity index (χ0n) is 21.9. The number of likely N-dealkylation sites (N-methyl/N-ethyl adjacent to an activating group) is 1. The number of methoxy groups -OCH3 is 1. The third kappa shape index (κ3) is 9.16. The van der Waals surface area contributed by atoms with E-state index in [9.17, 15) is 9.90 Å². The number of ether oxygens (including phenoxy) is 2. The van der Waals surface area contributed by atoms with E-state index >= 15 is 0 Å². The summed E-state index contributed by atoms with van der Waals surface area (Å²) in [5.74, 6) is 1.44.